The average molecular weight is 531 g/mol. The molecule has 0 amide bonds. The van der Waals surface area contributed by atoms with Crippen LogP contribution in [0.4, 0.5) is 0 Å². The molecule has 5 rings (SSSR count). The van der Waals surface area contributed by atoms with Gasteiger partial charge in [0.05, 0.1) is 21.4 Å². The first-order chi connectivity index (χ1) is 18.1. The Hall–Kier alpha value is -4.21. The number of hydrogen-bond donors (Lipinski definition) is 2. The van der Waals surface area contributed by atoms with Gasteiger partial charge in [0.15, 0.2) is 5.76 Å². The van der Waals surface area contributed by atoms with E-state index in [4.69, 9.17) is 14.1 Å². The van der Waals surface area contributed by atoms with Gasteiger partial charge in [-0.3, -0.25) is 0 Å². The fourth-order valence-electron chi connectivity index (χ4n) is 4.54. The lowest BCUT2D eigenvalue weighted by Crippen LogP contribution is -2.18. The number of aromatic nitrogens is 1. The van der Waals surface area contributed by atoms with Gasteiger partial charge in [-0.25, -0.2) is 22.9 Å². The van der Waals surface area contributed by atoms with E-state index in [-0.39, 0.29) is 10.5 Å². The van der Waals surface area contributed by atoms with Crippen LogP contribution in [0, 0.1) is 13.8 Å². The van der Waals surface area contributed by atoms with E-state index in [1.165, 1.54) is 25.2 Å². The van der Waals surface area contributed by atoms with Crippen LogP contribution < -0.4 is 9.46 Å². The number of ether oxygens (including phenoxy) is 1. The van der Waals surface area contributed by atoms with E-state index < -0.39 is 22.1 Å². The SMILES string of the molecule is CNS(=O)(=O)c1ccc([C@@H](C)Oc2ccc(C)c3nc(-c4oc5ccccc5c4C)cc(C(=O)O)c23)cc1. The Morgan fingerprint density at radius 1 is 1.05 bits per heavy atom. The Balaban J connectivity index is 1.60. The van der Waals surface area contributed by atoms with Gasteiger partial charge in [0.2, 0.25) is 10.0 Å². The highest BCUT2D eigenvalue weighted by atomic mass is 32.2. The highest BCUT2D eigenvalue weighted by Gasteiger charge is 2.23. The lowest BCUT2D eigenvalue weighted by Gasteiger charge is -2.19. The van der Waals surface area contributed by atoms with Gasteiger partial charge in [-0.2, -0.15) is 0 Å². The van der Waals surface area contributed by atoms with E-state index in [9.17, 15) is 18.3 Å². The van der Waals surface area contributed by atoms with Crippen molar-refractivity contribution in [3.05, 3.63) is 89.0 Å². The number of nitrogens with one attached hydrogen (secondary N) is 1. The largest absolute Gasteiger partial charge is 0.485 e. The number of carbonyl (C=O) groups is 1. The highest BCUT2D eigenvalue weighted by molar-refractivity contribution is 7.89. The molecule has 0 aliphatic rings. The molecule has 38 heavy (non-hydrogen) atoms. The monoisotopic (exact) mass is 530 g/mol. The summed E-state index contributed by atoms with van der Waals surface area (Å²) in [4.78, 5) is 17.4. The van der Waals surface area contributed by atoms with E-state index in [1.54, 1.807) is 18.2 Å². The molecule has 2 aromatic heterocycles. The number of pyridine rings is 1. The minimum absolute atomic E-state index is 0.0474. The maximum Gasteiger partial charge on any atom is 0.336 e. The lowest BCUT2D eigenvalue weighted by molar-refractivity contribution is 0.0698. The van der Waals surface area contributed by atoms with Gasteiger partial charge in [-0.05, 0) is 69.3 Å². The van der Waals surface area contributed by atoms with Crippen LogP contribution in [0.15, 0.2) is 76.0 Å². The number of hydrogen-bond acceptors (Lipinski definition) is 6. The standard InChI is InChI=1S/C29H26N2O6S/c1-16-9-14-25(36-18(3)19-10-12-20(13-11-19)38(34,35)30-4)26-22(29(32)33)15-23(31-27(16)26)28-17(2)21-7-5-6-8-24(21)37-28/h5-15,18,30H,1-4H3,(H,32,33)/t18-/m1/s1. The van der Waals surface area contributed by atoms with Crippen LogP contribution in [0.25, 0.3) is 33.3 Å². The van der Waals surface area contributed by atoms with Crippen molar-refractivity contribution in [1.29, 1.82) is 0 Å². The average Bonchev–Trinajstić information content (AvgIpc) is 3.26. The zero-order valence-electron chi connectivity index (χ0n) is 21.3. The highest BCUT2D eigenvalue weighted by Crippen LogP contribution is 2.38. The Labute approximate surface area is 219 Å². The number of aryl methyl sites for hydroxylation is 2. The van der Waals surface area contributed by atoms with Crippen LogP contribution in [-0.4, -0.2) is 31.5 Å². The first kappa shape index (κ1) is 25.4. The number of carboxylic acids is 1. The van der Waals surface area contributed by atoms with Crippen LogP contribution in [-0.2, 0) is 10.0 Å². The third kappa shape index (κ3) is 4.40. The Bertz CT molecular complexity index is 1810. The third-order valence-electron chi connectivity index (χ3n) is 6.66. The molecule has 0 saturated carbocycles. The van der Waals surface area contributed by atoms with Crippen molar-refractivity contribution in [3.8, 4) is 17.2 Å². The molecule has 0 aliphatic heterocycles. The molecule has 0 bridgehead atoms. The molecule has 0 aliphatic carbocycles. The molecular formula is C29H26N2O6S. The van der Waals surface area contributed by atoms with E-state index in [0.29, 0.717) is 33.7 Å². The van der Waals surface area contributed by atoms with Crippen LogP contribution in [0.3, 0.4) is 0 Å². The summed E-state index contributed by atoms with van der Waals surface area (Å²) in [6.07, 6.45) is -0.494. The van der Waals surface area contributed by atoms with Gasteiger partial charge in [0, 0.05) is 10.9 Å². The summed E-state index contributed by atoms with van der Waals surface area (Å²) < 4.78 is 38.7. The molecule has 2 heterocycles. The summed E-state index contributed by atoms with van der Waals surface area (Å²) in [6.45, 7) is 5.60. The van der Waals surface area contributed by atoms with Crippen LogP contribution in [0.1, 0.15) is 40.1 Å². The Morgan fingerprint density at radius 3 is 2.42 bits per heavy atom. The number of nitrogens with zero attached hydrogens (tertiary/aromatic N) is 1. The van der Waals surface area contributed by atoms with Gasteiger partial charge in [0.25, 0.3) is 0 Å². The maximum absolute atomic E-state index is 12.5. The molecule has 0 fully saturated rings. The Kier molecular flexibility index (Phi) is 6.42. The van der Waals surface area contributed by atoms with Gasteiger partial charge in [0.1, 0.15) is 23.1 Å². The number of rotatable bonds is 7. The summed E-state index contributed by atoms with van der Waals surface area (Å²) in [5.41, 5.74) is 4.08. The second kappa shape index (κ2) is 9.59. The van der Waals surface area contributed by atoms with Crippen LogP contribution in [0.2, 0.25) is 0 Å². The summed E-state index contributed by atoms with van der Waals surface area (Å²) in [5, 5.41) is 11.5. The normalized spacial score (nSPS) is 12.6. The van der Waals surface area contributed by atoms with Crippen molar-refractivity contribution in [3.63, 3.8) is 0 Å². The minimum atomic E-state index is -3.56. The summed E-state index contributed by atoms with van der Waals surface area (Å²) in [5.74, 6) is -0.230. The van der Waals surface area contributed by atoms with Gasteiger partial charge < -0.3 is 14.3 Å². The second-order valence-electron chi connectivity index (χ2n) is 9.05. The number of fused-ring (bicyclic) bond motifs is 2. The molecule has 5 aromatic rings. The van der Waals surface area contributed by atoms with Crippen LogP contribution >= 0.6 is 0 Å². The number of benzene rings is 3. The van der Waals surface area contributed by atoms with Crippen molar-refractivity contribution in [2.75, 3.05) is 7.05 Å². The van der Waals surface area contributed by atoms with Gasteiger partial charge >= 0.3 is 5.97 Å². The fraction of sp³-hybridized carbons (Fsp3) is 0.172. The zero-order chi connectivity index (χ0) is 27.2. The molecular weight excluding hydrogens is 504 g/mol. The summed E-state index contributed by atoms with van der Waals surface area (Å²) >= 11 is 0. The van der Waals surface area contributed by atoms with E-state index in [0.717, 1.165) is 22.1 Å². The lowest BCUT2D eigenvalue weighted by atomic mass is 10.0. The molecule has 0 radical (unpaired) electrons. The predicted molar refractivity (Wildman–Crippen MR) is 145 cm³/mol. The molecule has 0 saturated heterocycles. The number of aromatic carboxylic acids is 1. The fourth-order valence-corrected chi connectivity index (χ4v) is 5.27. The Morgan fingerprint density at radius 2 is 1.76 bits per heavy atom. The smallest absolute Gasteiger partial charge is 0.336 e. The first-order valence-electron chi connectivity index (χ1n) is 12.0. The molecule has 9 heteroatoms. The second-order valence-corrected chi connectivity index (χ2v) is 10.9. The topological polar surface area (TPSA) is 119 Å². The quantitative estimate of drug-likeness (QED) is 0.264. The minimum Gasteiger partial charge on any atom is -0.485 e. The molecule has 194 valence electrons. The molecule has 1 atom stereocenters. The van der Waals surface area contributed by atoms with Crippen molar-refractivity contribution < 1.29 is 27.5 Å². The van der Waals surface area contributed by atoms with Crippen LogP contribution in [0.5, 0.6) is 5.75 Å². The third-order valence-corrected chi connectivity index (χ3v) is 8.09. The van der Waals surface area contributed by atoms with Crippen molar-refractivity contribution >= 4 is 37.9 Å². The number of carboxylic acid groups (broad SMARTS) is 1. The van der Waals surface area contributed by atoms with Crippen molar-refractivity contribution in [1.82, 2.24) is 9.71 Å². The van der Waals surface area contributed by atoms with E-state index >= 15 is 0 Å². The summed E-state index contributed by atoms with van der Waals surface area (Å²) in [7, 11) is -2.21. The molecule has 3 aromatic carbocycles. The van der Waals surface area contributed by atoms with E-state index in [2.05, 4.69) is 4.72 Å². The zero-order valence-corrected chi connectivity index (χ0v) is 22.1. The first-order valence-corrected chi connectivity index (χ1v) is 13.5. The molecule has 0 unspecified atom stereocenters. The summed E-state index contributed by atoms with van der Waals surface area (Å²) in [6, 6.07) is 19.1. The number of sulfonamides is 1. The molecule has 0 spiro atoms. The van der Waals surface area contributed by atoms with Crippen molar-refractivity contribution in [2.45, 2.75) is 31.8 Å². The van der Waals surface area contributed by atoms with Crippen molar-refractivity contribution in [2.24, 2.45) is 0 Å². The number of furan rings is 1. The van der Waals surface area contributed by atoms with E-state index in [1.807, 2.05) is 51.1 Å². The molecule has 8 nitrogen and oxygen atoms in total. The number of para-hydroxylation sites is 1. The van der Waals surface area contributed by atoms with Gasteiger partial charge in [-0.1, -0.05) is 36.4 Å². The molecule has 2 N–H and O–H groups in total. The maximum atomic E-state index is 12.5. The predicted octanol–water partition coefficient (Wildman–Crippen LogP) is 6.01. The van der Waals surface area contributed by atoms with Gasteiger partial charge in [-0.15, -0.1) is 0 Å².